The molecular formula is C14H24N2S. The van der Waals surface area contributed by atoms with Crippen molar-refractivity contribution in [3.8, 4) is 0 Å². The first kappa shape index (κ1) is 13.0. The number of nitrogens with zero attached hydrogens (tertiary/aromatic N) is 1. The van der Waals surface area contributed by atoms with E-state index in [0.717, 1.165) is 13.0 Å². The third-order valence-corrected chi connectivity index (χ3v) is 4.95. The van der Waals surface area contributed by atoms with E-state index in [4.69, 9.17) is 0 Å². The second-order valence-corrected chi connectivity index (χ2v) is 6.43. The molecule has 96 valence electrons. The lowest BCUT2D eigenvalue weighted by molar-refractivity contribution is 0.145. The van der Waals surface area contributed by atoms with Gasteiger partial charge in [-0.15, -0.1) is 11.3 Å². The van der Waals surface area contributed by atoms with Gasteiger partial charge in [-0.3, -0.25) is 0 Å². The molecule has 17 heavy (non-hydrogen) atoms. The minimum absolute atomic E-state index is 0.472. The molecule has 2 nitrogen and oxygen atoms in total. The van der Waals surface area contributed by atoms with Crippen LogP contribution in [0.1, 0.15) is 51.0 Å². The van der Waals surface area contributed by atoms with Crippen LogP contribution in [0.5, 0.6) is 0 Å². The van der Waals surface area contributed by atoms with Crippen molar-refractivity contribution in [2.75, 3.05) is 6.54 Å². The van der Waals surface area contributed by atoms with Crippen LogP contribution < -0.4 is 5.32 Å². The summed E-state index contributed by atoms with van der Waals surface area (Å²) in [6, 6.07) is 0.596. The largest absolute Gasteiger partial charge is 0.313 e. The van der Waals surface area contributed by atoms with E-state index >= 15 is 0 Å². The Balaban J connectivity index is 2.04. The predicted molar refractivity (Wildman–Crippen MR) is 74.5 cm³/mol. The maximum Gasteiger partial charge on any atom is 0.0940 e. The van der Waals surface area contributed by atoms with E-state index in [0.29, 0.717) is 11.5 Å². The van der Waals surface area contributed by atoms with Crippen LogP contribution in [-0.4, -0.2) is 17.6 Å². The molecule has 1 aliphatic rings. The van der Waals surface area contributed by atoms with Gasteiger partial charge in [0.1, 0.15) is 0 Å². The molecule has 1 fully saturated rings. The highest BCUT2D eigenvalue weighted by molar-refractivity contribution is 7.09. The van der Waals surface area contributed by atoms with Gasteiger partial charge in [0, 0.05) is 24.0 Å². The molecule has 0 amide bonds. The molecule has 1 unspecified atom stereocenters. The first-order valence-corrected chi connectivity index (χ1v) is 7.74. The minimum Gasteiger partial charge on any atom is -0.313 e. The van der Waals surface area contributed by atoms with Crippen molar-refractivity contribution in [3.05, 3.63) is 16.6 Å². The number of nitrogens with one attached hydrogen (secondary N) is 1. The van der Waals surface area contributed by atoms with Crippen LogP contribution in [0.4, 0.5) is 0 Å². The Morgan fingerprint density at radius 2 is 2.18 bits per heavy atom. The molecule has 1 atom stereocenters. The maximum absolute atomic E-state index is 4.44. The van der Waals surface area contributed by atoms with Crippen LogP contribution in [0.2, 0.25) is 0 Å². The second kappa shape index (κ2) is 5.96. The molecule has 1 aromatic rings. The fourth-order valence-electron chi connectivity index (χ4n) is 3.05. The molecule has 1 heterocycles. The number of hydrogen-bond acceptors (Lipinski definition) is 3. The topological polar surface area (TPSA) is 24.9 Å². The third kappa shape index (κ3) is 3.29. The Bertz CT molecular complexity index is 315. The summed E-state index contributed by atoms with van der Waals surface area (Å²) in [5.41, 5.74) is 0.472. The van der Waals surface area contributed by atoms with Crippen LogP contribution in [0.25, 0.3) is 0 Å². The Morgan fingerprint density at radius 3 is 2.76 bits per heavy atom. The zero-order chi connectivity index (χ0) is 12.1. The Labute approximate surface area is 109 Å². The van der Waals surface area contributed by atoms with Crippen LogP contribution in [0.15, 0.2) is 11.6 Å². The zero-order valence-electron chi connectivity index (χ0n) is 11.0. The normalized spacial score (nSPS) is 21.3. The van der Waals surface area contributed by atoms with E-state index in [1.54, 1.807) is 11.3 Å². The van der Waals surface area contributed by atoms with Crippen molar-refractivity contribution >= 4 is 11.3 Å². The lowest BCUT2D eigenvalue weighted by Crippen LogP contribution is -2.46. The molecular weight excluding hydrogens is 228 g/mol. The SMILES string of the molecule is CCNC(Cc1nccs1)C1(C)CCCCC1. The number of aromatic nitrogens is 1. The van der Waals surface area contributed by atoms with Crippen LogP contribution >= 0.6 is 11.3 Å². The van der Waals surface area contributed by atoms with Gasteiger partial charge in [-0.25, -0.2) is 4.98 Å². The summed E-state index contributed by atoms with van der Waals surface area (Å²) < 4.78 is 0. The van der Waals surface area contributed by atoms with Crippen molar-refractivity contribution in [2.24, 2.45) is 5.41 Å². The summed E-state index contributed by atoms with van der Waals surface area (Å²) in [6.07, 6.45) is 9.98. The number of hydrogen-bond donors (Lipinski definition) is 1. The first-order valence-electron chi connectivity index (χ1n) is 6.86. The second-order valence-electron chi connectivity index (χ2n) is 5.45. The molecule has 1 aliphatic carbocycles. The number of thiazole rings is 1. The highest BCUT2D eigenvalue weighted by Gasteiger charge is 2.35. The van der Waals surface area contributed by atoms with E-state index in [1.807, 2.05) is 6.20 Å². The average molecular weight is 252 g/mol. The van der Waals surface area contributed by atoms with Gasteiger partial charge in [0.15, 0.2) is 0 Å². The van der Waals surface area contributed by atoms with Crippen molar-refractivity contribution < 1.29 is 0 Å². The molecule has 2 rings (SSSR count). The number of likely N-dealkylation sites (N-methyl/N-ethyl adjacent to an activating group) is 1. The lowest BCUT2D eigenvalue weighted by atomic mass is 9.69. The van der Waals surface area contributed by atoms with Gasteiger partial charge in [0.25, 0.3) is 0 Å². The van der Waals surface area contributed by atoms with Gasteiger partial charge in [0.05, 0.1) is 5.01 Å². The van der Waals surface area contributed by atoms with E-state index in [9.17, 15) is 0 Å². The summed E-state index contributed by atoms with van der Waals surface area (Å²) >= 11 is 1.79. The molecule has 0 spiro atoms. The summed E-state index contributed by atoms with van der Waals surface area (Å²) in [4.78, 5) is 4.44. The fourth-order valence-corrected chi connectivity index (χ4v) is 3.71. The molecule has 1 aromatic heterocycles. The Hall–Kier alpha value is -0.410. The molecule has 1 N–H and O–H groups in total. The Kier molecular flexibility index (Phi) is 4.57. The predicted octanol–water partition coefficient (Wildman–Crippen LogP) is 3.63. The molecule has 3 heteroatoms. The van der Waals surface area contributed by atoms with Gasteiger partial charge in [0.2, 0.25) is 0 Å². The minimum atomic E-state index is 0.472. The van der Waals surface area contributed by atoms with Crippen LogP contribution in [0.3, 0.4) is 0 Å². The molecule has 1 saturated carbocycles. The van der Waals surface area contributed by atoms with E-state index in [-0.39, 0.29) is 0 Å². The van der Waals surface area contributed by atoms with E-state index in [2.05, 4.69) is 29.5 Å². The smallest absolute Gasteiger partial charge is 0.0940 e. The van der Waals surface area contributed by atoms with Crippen molar-refractivity contribution in [3.63, 3.8) is 0 Å². The fraction of sp³-hybridized carbons (Fsp3) is 0.786. The summed E-state index contributed by atoms with van der Waals surface area (Å²) in [5, 5.41) is 7.06. The van der Waals surface area contributed by atoms with Gasteiger partial charge >= 0.3 is 0 Å². The molecule has 0 radical (unpaired) electrons. The Morgan fingerprint density at radius 1 is 1.41 bits per heavy atom. The number of rotatable bonds is 5. The van der Waals surface area contributed by atoms with Gasteiger partial charge < -0.3 is 5.32 Å². The van der Waals surface area contributed by atoms with E-state index in [1.165, 1.54) is 37.1 Å². The lowest BCUT2D eigenvalue weighted by Gasteiger charge is -2.41. The van der Waals surface area contributed by atoms with Gasteiger partial charge in [-0.1, -0.05) is 33.1 Å². The summed E-state index contributed by atoms with van der Waals surface area (Å²) in [5.74, 6) is 0. The molecule has 0 saturated heterocycles. The highest BCUT2D eigenvalue weighted by atomic mass is 32.1. The molecule has 0 aliphatic heterocycles. The van der Waals surface area contributed by atoms with Crippen LogP contribution in [0, 0.1) is 5.41 Å². The van der Waals surface area contributed by atoms with E-state index < -0.39 is 0 Å². The monoisotopic (exact) mass is 252 g/mol. The average Bonchev–Trinajstić information content (AvgIpc) is 2.82. The quantitative estimate of drug-likeness (QED) is 0.865. The zero-order valence-corrected chi connectivity index (χ0v) is 11.9. The van der Waals surface area contributed by atoms with Crippen molar-refractivity contribution in [2.45, 2.75) is 58.4 Å². The summed E-state index contributed by atoms with van der Waals surface area (Å²) in [6.45, 7) is 5.74. The molecule has 0 aromatic carbocycles. The molecule has 0 bridgehead atoms. The maximum atomic E-state index is 4.44. The van der Waals surface area contributed by atoms with Crippen molar-refractivity contribution in [1.29, 1.82) is 0 Å². The van der Waals surface area contributed by atoms with Crippen molar-refractivity contribution in [1.82, 2.24) is 10.3 Å². The first-order chi connectivity index (χ1) is 8.24. The van der Waals surface area contributed by atoms with Gasteiger partial charge in [-0.05, 0) is 24.8 Å². The third-order valence-electron chi connectivity index (χ3n) is 4.15. The van der Waals surface area contributed by atoms with Crippen LogP contribution in [-0.2, 0) is 6.42 Å². The standard InChI is InChI=1S/C14H24N2S/c1-3-15-12(11-13-16-9-10-17-13)14(2)7-5-4-6-8-14/h9-10,12,15H,3-8,11H2,1-2H3. The summed E-state index contributed by atoms with van der Waals surface area (Å²) in [7, 11) is 0. The highest BCUT2D eigenvalue weighted by Crippen LogP contribution is 2.39. The van der Waals surface area contributed by atoms with Gasteiger partial charge in [-0.2, -0.15) is 0 Å².